The van der Waals surface area contributed by atoms with Crippen molar-refractivity contribution in [3.8, 4) is 0 Å². The molecule has 1 aromatic rings. The van der Waals surface area contributed by atoms with E-state index in [9.17, 15) is 0 Å². The smallest absolute Gasteiger partial charge is 0.109 e. The number of nitrogens with zero attached hydrogens (tertiary/aromatic N) is 2. The van der Waals surface area contributed by atoms with Crippen LogP contribution in [0.2, 0.25) is 0 Å². The molecule has 0 bridgehead atoms. The second kappa shape index (κ2) is 6.11. The van der Waals surface area contributed by atoms with Crippen molar-refractivity contribution in [1.82, 2.24) is 14.9 Å². The highest BCUT2D eigenvalue weighted by Crippen LogP contribution is 2.41. The summed E-state index contributed by atoms with van der Waals surface area (Å²) in [6.07, 6.45) is 8.84. The van der Waals surface area contributed by atoms with Crippen molar-refractivity contribution >= 4 is 11.8 Å². The Morgan fingerprint density at radius 2 is 2.44 bits per heavy atom. The number of imidazole rings is 1. The minimum Gasteiger partial charge on any atom is -0.338 e. The number of aryl methyl sites for hydroxylation is 1. The van der Waals surface area contributed by atoms with Crippen LogP contribution in [0.5, 0.6) is 0 Å². The van der Waals surface area contributed by atoms with E-state index in [1.165, 1.54) is 30.8 Å². The normalized spacial score (nSPS) is 25.5. The van der Waals surface area contributed by atoms with Crippen molar-refractivity contribution in [2.24, 2.45) is 7.05 Å². The topological polar surface area (TPSA) is 29.9 Å². The number of nitrogens with one attached hydrogen (secondary N) is 1. The molecule has 0 aliphatic carbocycles. The fraction of sp³-hybridized carbons (Fsp3) is 0.786. The van der Waals surface area contributed by atoms with Crippen LogP contribution in [0.25, 0.3) is 0 Å². The maximum atomic E-state index is 4.48. The Morgan fingerprint density at radius 3 is 3.00 bits per heavy atom. The summed E-state index contributed by atoms with van der Waals surface area (Å²) < 4.78 is 2.52. The first-order valence-electron chi connectivity index (χ1n) is 6.99. The highest BCUT2D eigenvalue weighted by molar-refractivity contribution is 8.00. The summed E-state index contributed by atoms with van der Waals surface area (Å²) in [7, 11) is 2.09. The number of thioether (sulfide) groups is 1. The van der Waals surface area contributed by atoms with Crippen LogP contribution in [-0.4, -0.2) is 32.6 Å². The van der Waals surface area contributed by atoms with Gasteiger partial charge in [-0.05, 0) is 38.5 Å². The zero-order valence-electron chi connectivity index (χ0n) is 11.8. The molecule has 1 aliphatic rings. The van der Waals surface area contributed by atoms with Crippen LogP contribution in [-0.2, 0) is 13.5 Å². The van der Waals surface area contributed by atoms with E-state index in [1.807, 2.05) is 12.4 Å². The lowest BCUT2D eigenvalue weighted by molar-refractivity contribution is 0.390. The summed E-state index contributed by atoms with van der Waals surface area (Å²) >= 11 is 2.13. The van der Waals surface area contributed by atoms with Gasteiger partial charge in [-0.2, -0.15) is 11.8 Å². The van der Waals surface area contributed by atoms with Crippen molar-refractivity contribution in [2.45, 2.75) is 50.3 Å². The lowest BCUT2D eigenvalue weighted by Gasteiger charge is -2.34. The molecule has 1 N–H and O–H groups in total. The fourth-order valence-corrected chi connectivity index (χ4v) is 4.09. The molecule has 2 rings (SSSR count). The lowest BCUT2D eigenvalue weighted by atomic mass is 9.93. The van der Waals surface area contributed by atoms with Crippen molar-refractivity contribution < 1.29 is 0 Å². The molecular formula is C14H25N3S. The SMILES string of the molecule is CCCNC(Cc1nccn1C)C1(C)CCCS1. The summed E-state index contributed by atoms with van der Waals surface area (Å²) in [6.45, 7) is 5.75. The average molecular weight is 267 g/mol. The maximum Gasteiger partial charge on any atom is 0.109 e. The van der Waals surface area contributed by atoms with E-state index in [4.69, 9.17) is 0 Å². The van der Waals surface area contributed by atoms with E-state index in [2.05, 4.69) is 47.5 Å². The number of rotatable bonds is 6. The van der Waals surface area contributed by atoms with Crippen molar-refractivity contribution in [1.29, 1.82) is 0 Å². The third-order valence-electron chi connectivity index (χ3n) is 3.93. The highest BCUT2D eigenvalue weighted by Gasteiger charge is 2.37. The van der Waals surface area contributed by atoms with Crippen LogP contribution >= 0.6 is 11.8 Å². The van der Waals surface area contributed by atoms with Gasteiger partial charge >= 0.3 is 0 Å². The Balaban J connectivity index is 2.07. The number of hydrogen-bond donors (Lipinski definition) is 1. The molecule has 0 radical (unpaired) electrons. The fourth-order valence-electron chi connectivity index (χ4n) is 2.67. The minimum absolute atomic E-state index is 0.376. The Hall–Kier alpha value is -0.480. The van der Waals surface area contributed by atoms with Gasteiger partial charge in [0.15, 0.2) is 0 Å². The van der Waals surface area contributed by atoms with Gasteiger partial charge in [0, 0.05) is 36.7 Å². The molecule has 2 heterocycles. The van der Waals surface area contributed by atoms with Gasteiger partial charge in [-0.1, -0.05) is 6.92 Å². The van der Waals surface area contributed by atoms with E-state index >= 15 is 0 Å². The van der Waals surface area contributed by atoms with Gasteiger partial charge in [0.25, 0.3) is 0 Å². The molecule has 1 saturated heterocycles. The second-order valence-corrected chi connectivity index (χ2v) is 7.06. The zero-order valence-corrected chi connectivity index (χ0v) is 12.6. The van der Waals surface area contributed by atoms with Gasteiger partial charge in [0.2, 0.25) is 0 Å². The maximum absolute atomic E-state index is 4.48. The van der Waals surface area contributed by atoms with E-state index in [1.54, 1.807) is 0 Å². The molecule has 3 nitrogen and oxygen atoms in total. The van der Waals surface area contributed by atoms with Gasteiger partial charge in [0.05, 0.1) is 0 Å². The van der Waals surface area contributed by atoms with Crippen LogP contribution in [0, 0.1) is 0 Å². The molecule has 2 unspecified atom stereocenters. The van der Waals surface area contributed by atoms with E-state index < -0.39 is 0 Å². The van der Waals surface area contributed by atoms with E-state index in [0.717, 1.165) is 13.0 Å². The van der Waals surface area contributed by atoms with Crippen LogP contribution in [0.4, 0.5) is 0 Å². The number of aromatic nitrogens is 2. The molecule has 0 spiro atoms. The van der Waals surface area contributed by atoms with Crippen molar-refractivity contribution in [3.63, 3.8) is 0 Å². The van der Waals surface area contributed by atoms with Crippen LogP contribution in [0.3, 0.4) is 0 Å². The van der Waals surface area contributed by atoms with Gasteiger partial charge in [0.1, 0.15) is 5.82 Å². The largest absolute Gasteiger partial charge is 0.338 e. The Kier molecular flexibility index (Phi) is 4.73. The predicted molar refractivity (Wildman–Crippen MR) is 79.1 cm³/mol. The van der Waals surface area contributed by atoms with E-state index in [-0.39, 0.29) is 0 Å². The average Bonchev–Trinajstić information content (AvgIpc) is 2.95. The third kappa shape index (κ3) is 3.09. The molecule has 0 amide bonds. The summed E-state index contributed by atoms with van der Waals surface area (Å²) in [5, 5.41) is 3.74. The summed E-state index contributed by atoms with van der Waals surface area (Å²) in [6, 6.07) is 0.533. The van der Waals surface area contributed by atoms with Crippen LogP contribution < -0.4 is 5.32 Å². The lowest BCUT2D eigenvalue weighted by Crippen LogP contribution is -2.47. The molecule has 18 heavy (non-hydrogen) atoms. The Bertz CT molecular complexity index is 369. The molecule has 2 atom stereocenters. The number of hydrogen-bond acceptors (Lipinski definition) is 3. The molecule has 102 valence electrons. The Morgan fingerprint density at radius 1 is 1.61 bits per heavy atom. The van der Waals surface area contributed by atoms with Crippen molar-refractivity contribution in [3.05, 3.63) is 18.2 Å². The minimum atomic E-state index is 0.376. The van der Waals surface area contributed by atoms with E-state index in [0.29, 0.717) is 10.8 Å². The second-order valence-electron chi connectivity index (χ2n) is 5.43. The molecule has 1 aliphatic heterocycles. The standard InChI is InChI=1S/C14H25N3S/c1-4-7-15-12(14(2)6-5-10-18-14)11-13-16-8-9-17(13)3/h8-9,12,15H,4-7,10-11H2,1-3H3. The quantitative estimate of drug-likeness (QED) is 0.859. The molecular weight excluding hydrogens is 242 g/mol. The predicted octanol–water partition coefficient (Wildman–Crippen LogP) is 2.62. The molecule has 0 aromatic carbocycles. The molecule has 1 fully saturated rings. The summed E-state index contributed by atoms with van der Waals surface area (Å²) in [4.78, 5) is 4.48. The first-order chi connectivity index (χ1) is 8.65. The zero-order chi connectivity index (χ0) is 13.0. The van der Waals surface area contributed by atoms with Gasteiger partial charge in [-0.3, -0.25) is 0 Å². The van der Waals surface area contributed by atoms with Crippen LogP contribution in [0.1, 0.15) is 38.9 Å². The first kappa shape index (κ1) is 13.9. The molecule has 4 heteroatoms. The monoisotopic (exact) mass is 267 g/mol. The van der Waals surface area contributed by atoms with Crippen LogP contribution in [0.15, 0.2) is 12.4 Å². The third-order valence-corrected chi connectivity index (χ3v) is 5.58. The van der Waals surface area contributed by atoms with Crippen molar-refractivity contribution in [2.75, 3.05) is 12.3 Å². The Labute approximate surface area is 115 Å². The molecule has 1 aromatic heterocycles. The van der Waals surface area contributed by atoms with Gasteiger partial charge in [-0.15, -0.1) is 0 Å². The summed E-state index contributed by atoms with van der Waals surface area (Å²) in [5.41, 5.74) is 0. The summed E-state index contributed by atoms with van der Waals surface area (Å²) in [5.74, 6) is 2.50. The molecule has 0 saturated carbocycles. The van der Waals surface area contributed by atoms with Gasteiger partial charge < -0.3 is 9.88 Å². The van der Waals surface area contributed by atoms with Gasteiger partial charge in [-0.25, -0.2) is 4.98 Å². The first-order valence-corrected chi connectivity index (χ1v) is 7.98. The highest BCUT2D eigenvalue weighted by atomic mass is 32.2.